The highest BCUT2D eigenvalue weighted by atomic mass is 32.1. The van der Waals surface area contributed by atoms with Crippen LogP contribution in [0.1, 0.15) is 17.7 Å². The molecule has 0 radical (unpaired) electrons. The van der Waals surface area contributed by atoms with Crippen LogP contribution in [0.2, 0.25) is 0 Å². The van der Waals surface area contributed by atoms with Crippen molar-refractivity contribution in [2.75, 3.05) is 6.54 Å². The van der Waals surface area contributed by atoms with Gasteiger partial charge in [0.2, 0.25) is 0 Å². The highest BCUT2D eigenvalue weighted by Gasteiger charge is 2.35. The van der Waals surface area contributed by atoms with Crippen LogP contribution < -0.4 is 5.32 Å². The standard InChI is InChI=1S/C11H15NO2S/c13-11(14)10(8-3-4-8)12-6-5-9-2-1-7-15-9/h1-2,7-8,10,12H,3-6H2,(H,13,14). The van der Waals surface area contributed by atoms with E-state index in [1.165, 1.54) is 4.88 Å². The number of hydrogen-bond acceptors (Lipinski definition) is 3. The maximum absolute atomic E-state index is 10.9. The van der Waals surface area contributed by atoms with E-state index in [9.17, 15) is 4.79 Å². The van der Waals surface area contributed by atoms with Crippen molar-refractivity contribution in [3.05, 3.63) is 22.4 Å². The summed E-state index contributed by atoms with van der Waals surface area (Å²) in [6, 6.07) is 3.78. The number of rotatable bonds is 6. The van der Waals surface area contributed by atoms with Crippen LogP contribution in [0.5, 0.6) is 0 Å². The number of thiophene rings is 1. The molecule has 1 aliphatic rings. The van der Waals surface area contributed by atoms with Crippen molar-refractivity contribution in [3.63, 3.8) is 0 Å². The van der Waals surface area contributed by atoms with Gasteiger partial charge in [0.15, 0.2) is 0 Å². The number of carboxylic acid groups (broad SMARTS) is 1. The second-order valence-electron chi connectivity index (χ2n) is 3.94. The van der Waals surface area contributed by atoms with E-state index < -0.39 is 5.97 Å². The Morgan fingerprint density at radius 1 is 1.67 bits per heavy atom. The minimum Gasteiger partial charge on any atom is -0.480 e. The van der Waals surface area contributed by atoms with Gasteiger partial charge in [0, 0.05) is 11.4 Å². The summed E-state index contributed by atoms with van der Waals surface area (Å²) in [6.07, 6.45) is 3.04. The number of carbonyl (C=O) groups is 1. The minimum atomic E-state index is -0.705. The van der Waals surface area contributed by atoms with Gasteiger partial charge in [-0.15, -0.1) is 11.3 Å². The number of aliphatic carboxylic acids is 1. The lowest BCUT2D eigenvalue weighted by molar-refractivity contribution is -0.140. The molecular weight excluding hydrogens is 210 g/mol. The van der Waals surface area contributed by atoms with E-state index in [1.807, 2.05) is 11.4 Å². The second kappa shape index (κ2) is 4.77. The molecule has 0 bridgehead atoms. The quantitative estimate of drug-likeness (QED) is 0.775. The largest absolute Gasteiger partial charge is 0.480 e. The summed E-state index contributed by atoms with van der Waals surface area (Å²) in [7, 11) is 0. The lowest BCUT2D eigenvalue weighted by Gasteiger charge is -2.12. The first-order valence-corrected chi connectivity index (χ1v) is 6.14. The molecule has 2 N–H and O–H groups in total. The van der Waals surface area contributed by atoms with Crippen LogP contribution >= 0.6 is 11.3 Å². The summed E-state index contributed by atoms with van der Waals surface area (Å²) in [5.41, 5.74) is 0. The van der Waals surface area contributed by atoms with Crippen molar-refractivity contribution in [2.24, 2.45) is 5.92 Å². The van der Waals surface area contributed by atoms with Crippen molar-refractivity contribution in [2.45, 2.75) is 25.3 Å². The normalized spacial score (nSPS) is 17.6. The lowest BCUT2D eigenvalue weighted by Crippen LogP contribution is -2.39. The Kier molecular flexibility index (Phi) is 3.38. The Morgan fingerprint density at radius 3 is 3.00 bits per heavy atom. The molecule has 15 heavy (non-hydrogen) atoms. The average Bonchev–Trinajstić information content (AvgIpc) is 2.89. The first-order valence-electron chi connectivity index (χ1n) is 5.26. The second-order valence-corrected chi connectivity index (χ2v) is 4.97. The van der Waals surface area contributed by atoms with Crippen LogP contribution in [0.15, 0.2) is 17.5 Å². The minimum absolute atomic E-state index is 0.329. The van der Waals surface area contributed by atoms with Crippen molar-refractivity contribution in [1.82, 2.24) is 5.32 Å². The third-order valence-electron chi connectivity index (χ3n) is 2.68. The van der Waals surface area contributed by atoms with E-state index in [0.29, 0.717) is 5.92 Å². The highest BCUT2D eigenvalue weighted by molar-refractivity contribution is 7.09. The fraction of sp³-hybridized carbons (Fsp3) is 0.545. The Labute approximate surface area is 93.1 Å². The van der Waals surface area contributed by atoms with E-state index in [0.717, 1.165) is 25.8 Å². The number of carboxylic acids is 1. The van der Waals surface area contributed by atoms with E-state index in [-0.39, 0.29) is 6.04 Å². The van der Waals surface area contributed by atoms with Gasteiger partial charge in [0.1, 0.15) is 6.04 Å². The fourth-order valence-corrected chi connectivity index (χ4v) is 2.40. The molecule has 1 saturated carbocycles. The summed E-state index contributed by atoms with van der Waals surface area (Å²) >= 11 is 1.72. The Morgan fingerprint density at radius 2 is 2.47 bits per heavy atom. The first-order chi connectivity index (χ1) is 7.27. The van der Waals surface area contributed by atoms with E-state index in [2.05, 4.69) is 11.4 Å². The molecule has 0 amide bonds. The van der Waals surface area contributed by atoms with Crippen LogP contribution in [0.25, 0.3) is 0 Å². The molecule has 1 fully saturated rings. The Balaban J connectivity index is 1.74. The molecule has 82 valence electrons. The van der Waals surface area contributed by atoms with Crippen molar-refractivity contribution in [1.29, 1.82) is 0 Å². The molecule has 1 atom stereocenters. The summed E-state index contributed by atoms with van der Waals surface area (Å²) in [6.45, 7) is 0.758. The molecule has 1 unspecified atom stereocenters. The SMILES string of the molecule is O=C(O)C(NCCc1cccs1)C1CC1. The predicted octanol–water partition coefficient (Wildman–Crippen LogP) is 1.74. The van der Waals surface area contributed by atoms with Gasteiger partial charge in [0.05, 0.1) is 0 Å². The summed E-state index contributed by atoms with van der Waals surface area (Å²) in [4.78, 5) is 12.2. The zero-order valence-corrected chi connectivity index (χ0v) is 9.30. The average molecular weight is 225 g/mol. The van der Waals surface area contributed by atoms with Gasteiger partial charge >= 0.3 is 5.97 Å². The smallest absolute Gasteiger partial charge is 0.320 e. The monoisotopic (exact) mass is 225 g/mol. The summed E-state index contributed by atoms with van der Waals surface area (Å²) < 4.78 is 0. The third-order valence-corrected chi connectivity index (χ3v) is 3.61. The third kappa shape index (κ3) is 3.04. The van der Waals surface area contributed by atoms with Crippen LogP contribution in [-0.4, -0.2) is 23.7 Å². The van der Waals surface area contributed by atoms with Crippen molar-refractivity contribution >= 4 is 17.3 Å². The van der Waals surface area contributed by atoms with Crippen molar-refractivity contribution < 1.29 is 9.90 Å². The van der Waals surface area contributed by atoms with Crippen LogP contribution in [-0.2, 0) is 11.2 Å². The number of nitrogens with one attached hydrogen (secondary N) is 1. The van der Waals surface area contributed by atoms with Gasteiger partial charge in [-0.1, -0.05) is 6.07 Å². The number of hydrogen-bond donors (Lipinski definition) is 2. The Bertz CT molecular complexity index is 319. The van der Waals surface area contributed by atoms with Gasteiger partial charge in [-0.25, -0.2) is 0 Å². The fourth-order valence-electron chi connectivity index (χ4n) is 1.69. The van der Waals surface area contributed by atoms with Crippen LogP contribution in [0.3, 0.4) is 0 Å². The molecule has 2 rings (SSSR count). The molecule has 0 spiro atoms. The summed E-state index contributed by atoms with van der Waals surface area (Å²) in [5.74, 6) is -0.338. The van der Waals surface area contributed by atoms with Crippen LogP contribution in [0.4, 0.5) is 0 Å². The van der Waals surface area contributed by atoms with Gasteiger partial charge in [0.25, 0.3) is 0 Å². The Hall–Kier alpha value is -0.870. The van der Waals surface area contributed by atoms with Gasteiger partial charge in [-0.3, -0.25) is 4.79 Å². The zero-order valence-electron chi connectivity index (χ0n) is 8.48. The molecule has 1 aromatic rings. The highest BCUT2D eigenvalue weighted by Crippen LogP contribution is 2.32. The van der Waals surface area contributed by atoms with E-state index >= 15 is 0 Å². The maximum atomic E-state index is 10.9. The van der Waals surface area contributed by atoms with Gasteiger partial charge in [-0.2, -0.15) is 0 Å². The van der Waals surface area contributed by atoms with E-state index in [4.69, 9.17) is 5.11 Å². The van der Waals surface area contributed by atoms with Crippen molar-refractivity contribution in [3.8, 4) is 0 Å². The maximum Gasteiger partial charge on any atom is 0.320 e. The molecule has 1 aliphatic carbocycles. The van der Waals surface area contributed by atoms with Crippen LogP contribution in [0, 0.1) is 5.92 Å². The molecule has 1 aromatic heterocycles. The molecule has 0 aliphatic heterocycles. The molecule has 3 nitrogen and oxygen atoms in total. The molecule has 0 saturated heterocycles. The topological polar surface area (TPSA) is 49.3 Å². The molecular formula is C11H15NO2S. The first kappa shape index (κ1) is 10.6. The molecule has 4 heteroatoms. The summed E-state index contributed by atoms with van der Waals surface area (Å²) in [5, 5.41) is 14.2. The predicted molar refractivity (Wildman–Crippen MR) is 60.2 cm³/mol. The van der Waals surface area contributed by atoms with Gasteiger partial charge in [-0.05, 0) is 36.6 Å². The lowest BCUT2D eigenvalue weighted by atomic mass is 10.2. The van der Waals surface area contributed by atoms with E-state index in [1.54, 1.807) is 11.3 Å². The molecule has 1 heterocycles. The van der Waals surface area contributed by atoms with Gasteiger partial charge < -0.3 is 10.4 Å². The zero-order chi connectivity index (χ0) is 10.7. The molecule has 0 aromatic carbocycles.